The number of hydrogen-bond acceptors (Lipinski definition) is 2. The molecule has 0 atom stereocenters. The van der Waals surface area contributed by atoms with E-state index in [1.807, 2.05) is 24.1 Å². The second kappa shape index (κ2) is 6.21. The molecule has 1 aliphatic rings. The number of rotatable bonds is 2. The molecule has 0 aliphatic carbocycles. The molecule has 1 amide bonds. The molecule has 1 fully saturated rings. The molecule has 0 spiro atoms. The Balaban J connectivity index is 2.16. The number of halogens is 2. The molecule has 0 radical (unpaired) electrons. The maximum absolute atomic E-state index is 12.5. The van der Waals surface area contributed by atoms with Gasteiger partial charge in [-0.2, -0.15) is 0 Å². The number of hydrogen-bond donors (Lipinski definition) is 1. The number of carbonyl (C=O) groups is 1. The van der Waals surface area contributed by atoms with Crippen molar-refractivity contribution in [2.45, 2.75) is 18.9 Å². The summed E-state index contributed by atoms with van der Waals surface area (Å²) in [5.41, 5.74) is 0.698. The third-order valence-corrected chi connectivity index (χ3v) is 4.51. The average molecular weight is 379 g/mol. The average Bonchev–Trinajstić information content (AvgIpc) is 2.41. The van der Waals surface area contributed by atoms with Crippen molar-refractivity contribution < 1.29 is 4.79 Å². The van der Waals surface area contributed by atoms with Crippen molar-refractivity contribution in [1.29, 1.82) is 0 Å². The first-order chi connectivity index (χ1) is 8.59. The molecule has 5 heteroatoms. The zero-order valence-electron chi connectivity index (χ0n) is 10.2. The number of nitrogens with one attached hydrogen (secondary N) is 1. The summed E-state index contributed by atoms with van der Waals surface area (Å²) in [6.45, 7) is 1.96. The Bertz CT molecular complexity index is 447. The molecule has 0 bridgehead atoms. The quantitative estimate of drug-likeness (QED) is 0.803. The fourth-order valence-electron chi connectivity index (χ4n) is 2.21. The standard InChI is InChI=1S/C13H16ClIN2O/c1-17(10-4-6-16-7-5-10)13(18)11-8-9(14)2-3-12(11)15/h2-3,8,10,16H,4-7H2,1H3. The molecule has 0 aromatic heterocycles. The second-order valence-corrected chi connectivity index (χ2v) is 6.12. The van der Waals surface area contributed by atoms with Gasteiger partial charge in [0.05, 0.1) is 5.56 Å². The van der Waals surface area contributed by atoms with Crippen molar-refractivity contribution in [1.82, 2.24) is 10.2 Å². The molecule has 1 heterocycles. The van der Waals surface area contributed by atoms with Crippen molar-refractivity contribution in [2.24, 2.45) is 0 Å². The van der Waals surface area contributed by atoms with Crippen LogP contribution in [-0.2, 0) is 0 Å². The van der Waals surface area contributed by atoms with E-state index in [0.29, 0.717) is 16.6 Å². The van der Waals surface area contributed by atoms with E-state index in [0.717, 1.165) is 29.5 Å². The molecule has 2 rings (SSSR count). The third kappa shape index (κ3) is 3.16. The van der Waals surface area contributed by atoms with Gasteiger partial charge < -0.3 is 10.2 Å². The predicted octanol–water partition coefficient (Wildman–Crippen LogP) is 2.77. The van der Waals surface area contributed by atoms with E-state index in [1.165, 1.54) is 0 Å². The summed E-state index contributed by atoms with van der Waals surface area (Å²) < 4.78 is 0.947. The zero-order valence-corrected chi connectivity index (χ0v) is 13.2. The van der Waals surface area contributed by atoms with Crippen molar-refractivity contribution >= 4 is 40.1 Å². The Morgan fingerprint density at radius 2 is 2.11 bits per heavy atom. The molecule has 1 aromatic rings. The molecule has 18 heavy (non-hydrogen) atoms. The highest BCUT2D eigenvalue weighted by Crippen LogP contribution is 2.21. The molecule has 0 unspecified atom stereocenters. The van der Waals surface area contributed by atoms with Crippen LogP contribution in [0.1, 0.15) is 23.2 Å². The molecule has 1 N–H and O–H groups in total. The van der Waals surface area contributed by atoms with E-state index in [9.17, 15) is 4.79 Å². The van der Waals surface area contributed by atoms with Crippen molar-refractivity contribution in [3.8, 4) is 0 Å². The molecule has 1 saturated heterocycles. The van der Waals surface area contributed by atoms with Crippen molar-refractivity contribution in [2.75, 3.05) is 20.1 Å². The molecule has 0 saturated carbocycles. The van der Waals surface area contributed by atoms with Crippen LogP contribution in [0.15, 0.2) is 18.2 Å². The summed E-state index contributed by atoms with van der Waals surface area (Å²) in [6, 6.07) is 5.77. The van der Waals surface area contributed by atoms with Crippen LogP contribution in [0.25, 0.3) is 0 Å². The monoisotopic (exact) mass is 378 g/mol. The van der Waals surface area contributed by atoms with Gasteiger partial charge in [0.15, 0.2) is 0 Å². The van der Waals surface area contributed by atoms with Crippen LogP contribution in [0, 0.1) is 3.57 Å². The highest BCUT2D eigenvalue weighted by Gasteiger charge is 2.24. The number of carbonyl (C=O) groups excluding carboxylic acids is 1. The van der Waals surface area contributed by atoms with E-state index in [4.69, 9.17) is 11.6 Å². The molecular formula is C13H16ClIN2O. The topological polar surface area (TPSA) is 32.3 Å². The first-order valence-electron chi connectivity index (χ1n) is 6.02. The maximum atomic E-state index is 12.5. The smallest absolute Gasteiger partial charge is 0.254 e. The Labute approximate surface area is 126 Å². The molecule has 1 aromatic carbocycles. The molecule has 1 aliphatic heterocycles. The lowest BCUT2D eigenvalue weighted by Crippen LogP contribution is -2.44. The van der Waals surface area contributed by atoms with E-state index in [1.54, 1.807) is 6.07 Å². The highest BCUT2D eigenvalue weighted by atomic mass is 127. The van der Waals surface area contributed by atoms with Gasteiger partial charge in [-0.15, -0.1) is 0 Å². The van der Waals surface area contributed by atoms with Gasteiger partial charge in [-0.3, -0.25) is 4.79 Å². The summed E-state index contributed by atoms with van der Waals surface area (Å²) >= 11 is 8.15. The van der Waals surface area contributed by atoms with Gasteiger partial charge in [0.2, 0.25) is 0 Å². The Morgan fingerprint density at radius 1 is 1.44 bits per heavy atom. The van der Waals surface area contributed by atoms with Crippen LogP contribution in [0.2, 0.25) is 5.02 Å². The minimum absolute atomic E-state index is 0.0637. The summed E-state index contributed by atoms with van der Waals surface area (Å²) in [5.74, 6) is 0.0637. The largest absolute Gasteiger partial charge is 0.339 e. The number of nitrogens with zero attached hydrogens (tertiary/aromatic N) is 1. The fourth-order valence-corrected chi connectivity index (χ4v) is 2.95. The number of piperidine rings is 1. The highest BCUT2D eigenvalue weighted by molar-refractivity contribution is 14.1. The van der Waals surface area contributed by atoms with E-state index in [-0.39, 0.29) is 5.91 Å². The minimum atomic E-state index is 0.0637. The van der Waals surface area contributed by atoms with Crippen molar-refractivity contribution in [3.63, 3.8) is 0 Å². The van der Waals surface area contributed by atoms with E-state index < -0.39 is 0 Å². The SMILES string of the molecule is CN(C(=O)c1cc(Cl)ccc1I)C1CCNCC1. The van der Waals surface area contributed by atoms with Crippen LogP contribution >= 0.6 is 34.2 Å². The van der Waals surface area contributed by atoms with Crippen LogP contribution < -0.4 is 5.32 Å². The van der Waals surface area contributed by atoms with Crippen LogP contribution in [0.5, 0.6) is 0 Å². The summed E-state index contributed by atoms with van der Waals surface area (Å²) in [7, 11) is 1.88. The van der Waals surface area contributed by atoms with Gasteiger partial charge in [0, 0.05) is 21.7 Å². The summed E-state index contributed by atoms with van der Waals surface area (Å²) in [5, 5.41) is 3.92. The van der Waals surface area contributed by atoms with Gasteiger partial charge >= 0.3 is 0 Å². The van der Waals surface area contributed by atoms with Crippen molar-refractivity contribution in [3.05, 3.63) is 32.4 Å². The molecule has 3 nitrogen and oxygen atoms in total. The van der Waals surface area contributed by atoms with E-state index in [2.05, 4.69) is 27.9 Å². The van der Waals surface area contributed by atoms with Crippen LogP contribution in [0.3, 0.4) is 0 Å². The lowest BCUT2D eigenvalue weighted by molar-refractivity contribution is 0.0702. The normalized spacial score (nSPS) is 16.6. The Morgan fingerprint density at radius 3 is 2.78 bits per heavy atom. The molecule has 98 valence electrons. The second-order valence-electron chi connectivity index (χ2n) is 4.52. The number of benzene rings is 1. The van der Waals surface area contributed by atoms with Gasteiger partial charge in [-0.25, -0.2) is 0 Å². The van der Waals surface area contributed by atoms with Gasteiger partial charge in [0.1, 0.15) is 0 Å². The van der Waals surface area contributed by atoms with Crippen LogP contribution in [0.4, 0.5) is 0 Å². The Kier molecular flexibility index (Phi) is 4.86. The summed E-state index contributed by atoms with van der Waals surface area (Å²) in [4.78, 5) is 14.3. The lowest BCUT2D eigenvalue weighted by atomic mass is 10.0. The third-order valence-electron chi connectivity index (χ3n) is 3.34. The predicted molar refractivity (Wildman–Crippen MR) is 82.2 cm³/mol. The minimum Gasteiger partial charge on any atom is -0.339 e. The first-order valence-corrected chi connectivity index (χ1v) is 7.48. The molecular weight excluding hydrogens is 363 g/mol. The first kappa shape index (κ1) is 14.1. The van der Waals surface area contributed by atoms with Gasteiger partial charge in [-0.1, -0.05) is 11.6 Å². The summed E-state index contributed by atoms with van der Waals surface area (Å²) in [6.07, 6.45) is 2.03. The van der Waals surface area contributed by atoms with Gasteiger partial charge in [-0.05, 0) is 66.7 Å². The van der Waals surface area contributed by atoms with Crippen LogP contribution in [-0.4, -0.2) is 37.0 Å². The van der Waals surface area contributed by atoms with Gasteiger partial charge in [0.25, 0.3) is 5.91 Å². The lowest BCUT2D eigenvalue weighted by Gasteiger charge is -2.32. The fraction of sp³-hybridized carbons (Fsp3) is 0.462. The number of amides is 1. The van der Waals surface area contributed by atoms with E-state index >= 15 is 0 Å². The zero-order chi connectivity index (χ0) is 13.1. The Hall–Kier alpha value is -0.330. The maximum Gasteiger partial charge on any atom is 0.254 e.